The van der Waals surface area contributed by atoms with Gasteiger partial charge in [-0.1, -0.05) is 17.7 Å². The van der Waals surface area contributed by atoms with Gasteiger partial charge < -0.3 is 4.74 Å². The van der Waals surface area contributed by atoms with Crippen LogP contribution in [0.25, 0.3) is 0 Å². The Balaban J connectivity index is 1.91. The Morgan fingerprint density at radius 2 is 1.88 bits per heavy atom. The van der Waals surface area contributed by atoms with Crippen LogP contribution in [0.4, 0.5) is 0 Å². The van der Waals surface area contributed by atoms with Crippen LogP contribution in [0, 0.1) is 0 Å². The van der Waals surface area contributed by atoms with Crippen LogP contribution in [-0.4, -0.2) is 18.1 Å². The summed E-state index contributed by atoms with van der Waals surface area (Å²) < 4.78 is 6.27. The lowest BCUT2D eigenvalue weighted by Crippen LogP contribution is -1.94. The van der Waals surface area contributed by atoms with Gasteiger partial charge in [0.05, 0.1) is 4.58 Å². The van der Waals surface area contributed by atoms with E-state index in [1.165, 1.54) is 22.6 Å². The Labute approximate surface area is 112 Å². The molecule has 0 saturated carbocycles. The highest BCUT2D eigenvalue weighted by Gasteiger charge is 2.17. The first-order chi connectivity index (χ1) is 8.25. The summed E-state index contributed by atoms with van der Waals surface area (Å²) in [5.74, 6) is 3.50. The summed E-state index contributed by atoms with van der Waals surface area (Å²) in [6, 6.07) is 8.53. The van der Waals surface area contributed by atoms with Gasteiger partial charge in [0.2, 0.25) is 0 Å². The van der Waals surface area contributed by atoms with Crippen LogP contribution in [0.5, 0.6) is 5.75 Å². The SMILES string of the molecule is CC(C)=CCOc1ccc(C2SCCS2)cc1. The summed E-state index contributed by atoms with van der Waals surface area (Å²) in [6.45, 7) is 4.83. The van der Waals surface area contributed by atoms with Crippen molar-refractivity contribution in [3.63, 3.8) is 0 Å². The number of hydrogen-bond donors (Lipinski definition) is 0. The predicted octanol–water partition coefficient (Wildman–Crippen LogP) is 4.51. The van der Waals surface area contributed by atoms with Crippen molar-refractivity contribution in [1.82, 2.24) is 0 Å². The topological polar surface area (TPSA) is 9.23 Å². The minimum atomic E-state index is 0.627. The van der Waals surface area contributed by atoms with Gasteiger partial charge in [-0.15, -0.1) is 23.5 Å². The first-order valence-corrected chi connectivity index (χ1v) is 7.95. The molecule has 3 heteroatoms. The molecule has 1 nitrogen and oxygen atoms in total. The molecule has 92 valence electrons. The van der Waals surface area contributed by atoms with E-state index >= 15 is 0 Å². The van der Waals surface area contributed by atoms with Crippen molar-refractivity contribution < 1.29 is 4.74 Å². The van der Waals surface area contributed by atoms with E-state index in [4.69, 9.17) is 4.74 Å². The molecule has 0 unspecified atom stereocenters. The van der Waals surface area contributed by atoms with E-state index in [0.717, 1.165) is 5.75 Å². The number of allylic oxidation sites excluding steroid dienone is 1. The zero-order chi connectivity index (χ0) is 12.1. The summed E-state index contributed by atoms with van der Waals surface area (Å²) in [5.41, 5.74) is 2.70. The molecule has 0 amide bonds. The molecule has 1 aliphatic heterocycles. The smallest absolute Gasteiger partial charge is 0.119 e. The first kappa shape index (κ1) is 12.9. The predicted molar refractivity (Wildman–Crippen MR) is 79.0 cm³/mol. The van der Waals surface area contributed by atoms with Crippen LogP contribution in [0.2, 0.25) is 0 Å². The van der Waals surface area contributed by atoms with E-state index in [2.05, 4.69) is 44.2 Å². The van der Waals surface area contributed by atoms with Gasteiger partial charge in [0.1, 0.15) is 12.4 Å². The van der Waals surface area contributed by atoms with Gasteiger partial charge in [-0.25, -0.2) is 0 Å². The van der Waals surface area contributed by atoms with E-state index < -0.39 is 0 Å². The van der Waals surface area contributed by atoms with Crippen molar-refractivity contribution in [3.8, 4) is 5.75 Å². The van der Waals surface area contributed by atoms with Crippen LogP contribution in [-0.2, 0) is 0 Å². The molecule has 0 aromatic heterocycles. The summed E-state index contributed by atoms with van der Waals surface area (Å²) >= 11 is 4.07. The number of benzene rings is 1. The summed E-state index contributed by atoms with van der Waals surface area (Å²) in [4.78, 5) is 0. The van der Waals surface area contributed by atoms with Gasteiger partial charge in [-0.3, -0.25) is 0 Å². The minimum absolute atomic E-state index is 0.627. The fourth-order valence-corrected chi connectivity index (χ4v) is 4.44. The highest BCUT2D eigenvalue weighted by molar-refractivity contribution is 8.19. The lowest BCUT2D eigenvalue weighted by molar-refractivity contribution is 0.362. The molecule has 1 aromatic rings. The normalized spacial score (nSPS) is 15.9. The lowest BCUT2D eigenvalue weighted by Gasteiger charge is -2.09. The number of ether oxygens (including phenoxy) is 1. The van der Waals surface area contributed by atoms with Gasteiger partial charge in [0, 0.05) is 11.5 Å². The van der Waals surface area contributed by atoms with Gasteiger partial charge in [0.15, 0.2) is 0 Å². The van der Waals surface area contributed by atoms with Crippen LogP contribution >= 0.6 is 23.5 Å². The Hall–Kier alpha value is -0.540. The third-order valence-corrected chi connectivity index (χ3v) is 5.62. The van der Waals surface area contributed by atoms with Crippen molar-refractivity contribution in [2.75, 3.05) is 18.1 Å². The van der Waals surface area contributed by atoms with Crippen molar-refractivity contribution in [2.24, 2.45) is 0 Å². The second kappa shape index (κ2) is 6.41. The second-order valence-electron chi connectivity index (χ2n) is 4.24. The summed E-state index contributed by atoms with van der Waals surface area (Å²) in [6.07, 6.45) is 2.09. The largest absolute Gasteiger partial charge is 0.490 e. The molecule has 0 N–H and O–H groups in total. The fraction of sp³-hybridized carbons (Fsp3) is 0.429. The molecule has 17 heavy (non-hydrogen) atoms. The Morgan fingerprint density at radius 1 is 1.24 bits per heavy atom. The van der Waals surface area contributed by atoms with Gasteiger partial charge >= 0.3 is 0 Å². The highest BCUT2D eigenvalue weighted by atomic mass is 32.2. The van der Waals surface area contributed by atoms with E-state index in [9.17, 15) is 0 Å². The maximum Gasteiger partial charge on any atom is 0.119 e. The molecule has 0 atom stereocenters. The molecule has 0 radical (unpaired) electrons. The monoisotopic (exact) mass is 266 g/mol. The molecular formula is C14H18OS2. The maximum atomic E-state index is 5.64. The molecular weight excluding hydrogens is 248 g/mol. The molecule has 1 aromatic carbocycles. The van der Waals surface area contributed by atoms with Gasteiger partial charge in [0.25, 0.3) is 0 Å². The Morgan fingerprint density at radius 3 is 2.47 bits per heavy atom. The quantitative estimate of drug-likeness (QED) is 0.742. The van der Waals surface area contributed by atoms with E-state index in [1.54, 1.807) is 0 Å². The number of rotatable bonds is 4. The van der Waals surface area contributed by atoms with Crippen LogP contribution in [0.15, 0.2) is 35.9 Å². The van der Waals surface area contributed by atoms with Gasteiger partial charge in [-0.2, -0.15) is 0 Å². The lowest BCUT2D eigenvalue weighted by atomic mass is 10.2. The molecule has 0 bridgehead atoms. The molecule has 1 heterocycles. The highest BCUT2D eigenvalue weighted by Crippen LogP contribution is 2.45. The Kier molecular flexibility index (Phi) is 4.86. The Bertz CT molecular complexity index is 374. The summed E-state index contributed by atoms with van der Waals surface area (Å²) in [7, 11) is 0. The van der Waals surface area contributed by atoms with Crippen LogP contribution in [0.1, 0.15) is 24.0 Å². The maximum absolute atomic E-state index is 5.64. The molecule has 1 aliphatic rings. The number of hydrogen-bond acceptors (Lipinski definition) is 3. The zero-order valence-corrected chi connectivity index (χ0v) is 11.9. The molecule has 0 spiro atoms. The molecule has 2 rings (SSSR count). The fourth-order valence-electron chi connectivity index (χ4n) is 1.58. The van der Waals surface area contributed by atoms with E-state index in [1.807, 2.05) is 23.5 Å². The number of thioether (sulfide) groups is 2. The van der Waals surface area contributed by atoms with Crippen LogP contribution in [0.3, 0.4) is 0 Å². The van der Waals surface area contributed by atoms with E-state index in [-0.39, 0.29) is 0 Å². The van der Waals surface area contributed by atoms with Crippen molar-refractivity contribution >= 4 is 23.5 Å². The third-order valence-electron chi connectivity index (χ3n) is 2.52. The molecule has 0 aliphatic carbocycles. The standard InChI is InChI=1S/C14H18OS2/c1-11(2)7-8-15-13-5-3-12(4-6-13)14-16-9-10-17-14/h3-7,14H,8-10H2,1-2H3. The van der Waals surface area contributed by atoms with Crippen molar-refractivity contribution in [3.05, 3.63) is 41.5 Å². The molecule has 1 fully saturated rings. The second-order valence-corrected chi connectivity index (χ2v) is 6.96. The van der Waals surface area contributed by atoms with Crippen molar-refractivity contribution in [1.29, 1.82) is 0 Å². The summed E-state index contributed by atoms with van der Waals surface area (Å²) in [5, 5.41) is 0. The zero-order valence-electron chi connectivity index (χ0n) is 10.3. The molecule has 1 saturated heterocycles. The minimum Gasteiger partial charge on any atom is -0.490 e. The van der Waals surface area contributed by atoms with Crippen LogP contribution < -0.4 is 4.74 Å². The first-order valence-electron chi connectivity index (χ1n) is 5.85. The van der Waals surface area contributed by atoms with Gasteiger partial charge in [-0.05, 0) is 37.6 Å². The van der Waals surface area contributed by atoms with E-state index in [0.29, 0.717) is 11.2 Å². The average molecular weight is 266 g/mol. The van der Waals surface area contributed by atoms with Crippen molar-refractivity contribution in [2.45, 2.75) is 18.4 Å². The third kappa shape index (κ3) is 4.00. The average Bonchev–Trinajstić information content (AvgIpc) is 2.83.